The second-order valence-corrected chi connectivity index (χ2v) is 2.58. The molecule has 4 nitrogen and oxygen atoms in total. The highest BCUT2D eigenvalue weighted by Gasteiger charge is 2.06. The van der Waals surface area contributed by atoms with Crippen LogP contribution in [0.3, 0.4) is 0 Å². The largest absolute Gasteiger partial charge is 0.460 e. The summed E-state index contributed by atoms with van der Waals surface area (Å²) in [5.41, 5.74) is 0.381. The van der Waals surface area contributed by atoms with E-state index in [-0.39, 0.29) is 5.97 Å². The number of ether oxygens (including phenoxy) is 1. The number of esters is 1. The average molecular weight is 219 g/mol. The number of aromatic nitrogens is 2. The third kappa shape index (κ3) is 2.34. The summed E-state index contributed by atoms with van der Waals surface area (Å²) in [7, 11) is 0. The summed E-state index contributed by atoms with van der Waals surface area (Å²) < 4.78 is 4.78. The van der Waals surface area contributed by atoms with Crippen molar-refractivity contribution in [2.75, 3.05) is 11.9 Å². The molecule has 11 heavy (non-hydrogen) atoms. The van der Waals surface area contributed by atoms with Gasteiger partial charge in [-0.05, 0) is 0 Å². The lowest BCUT2D eigenvalue weighted by molar-refractivity contribution is 0.0525. The molecule has 0 fully saturated rings. The molecule has 1 aromatic heterocycles. The summed E-state index contributed by atoms with van der Waals surface area (Å²) in [6, 6.07) is 0. The Morgan fingerprint density at radius 1 is 1.82 bits per heavy atom. The highest BCUT2D eigenvalue weighted by atomic mass is 79.9. The highest BCUT2D eigenvalue weighted by molar-refractivity contribution is 9.09. The standard InChI is InChI=1S/C6H7BrN2O2/c7-1-2-11-6(10)5-3-8-4-9-5/h3-4H,1-2H2,(H,8,9). The lowest BCUT2D eigenvalue weighted by atomic mass is 10.5. The predicted octanol–water partition coefficient (Wildman–Crippen LogP) is 0.961. The van der Waals surface area contributed by atoms with Gasteiger partial charge in [-0.15, -0.1) is 0 Å². The summed E-state index contributed by atoms with van der Waals surface area (Å²) in [5, 5.41) is 0.646. The van der Waals surface area contributed by atoms with Crippen molar-refractivity contribution in [3.63, 3.8) is 0 Å². The van der Waals surface area contributed by atoms with Crippen LogP contribution in [0.5, 0.6) is 0 Å². The van der Waals surface area contributed by atoms with Crippen LogP contribution in [0.2, 0.25) is 0 Å². The molecule has 0 radical (unpaired) electrons. The zero-order valence-electron chi connectivity index (χ0n) is 5.71. The first-order valence-corrected chi connectivity index (χ1v) is 4.18. The second kappa shape index (κ2) is 4.12. The van der Waals surface area contributed by atoms with Gasteiger partial charge >= 0.3 is 5.97 Å². The molecule has 0 unspecified atom stereocenters. The van der Waals surface area contributed by atoms with E-state index in [4.69, 9.17) is 4.74 Å². The molecule has 0 bridgehead atoms. The molecule has 1 N–H and O–H groups in total. The van der Waals surface area contributed by atoms with Gasteiger partial charge in [0.05, 0.1) is 12.5 Å². The lowest BCUT2D eigenvalue weighted by Crippen LogP contribution is -2.07. The maximum Gasteiger partial charge on any atom is 0.356 e. The molecule has 0 saturated heterocycles. The highest BCUT2D eigenvalue weighted by Crippen LogP contribution is 1.94. The third-order valence-corrected chi connectivity index (χ3v) is 1.35. The van der Waals surface area contributed by atoms with Crippen molar-refractivity contribution in [3.8, 4) is 0 Å². The van der Waals surface area contributed by atoms with E-state index in [0.717, 1.165) is 0 Å². The maximum absolute atomic E-state index is 11.0. The SMILES string of the molecule is O=C(OCCBr)c1cnc[nH]1. The van der Waals surface area contributed by atoms with Crippen molar-refractivity contribution in [1.82, 2.24) is 9.97 Å². The first kappa shape index (κ1) is 8.26. The fourth-order valence-corrected chi connectivity index (χ4v) is 0.738. The van der Waals surface area contributed by atoms with Gasteiger partial charge in [-0.1, -0.05) is 15.9 Å². The number of hydrogen-bond acceptors (Lipinski definition) is 3. The Morgan fingerprint density at radius 2 is 2.64 bits per heavy atom. The number of nitrogens with one attached hydrogen (secondary N) is 1. The summed E-state index contributed by atoms with van der Waals surface area (Å²) in [6.07, 6.45) is 2.86. The van der Waals surface area contributed by atoms with Crippen molar-refractivity contribution in [3.05, 3.63) is 18.2 Å². The molecule has 0 aliphatic rings. The number of carbonyl (C=O) groups excluding carboxylic acids is 1. The Morgan fingerprint density at radius 3 is 3.18 bits per heavy atom. The van der Waals surface area contributed by atoms with Gasteiger partial charge in [-0.3, -0.25) is 0 Å². The number of H-pyrrole nitrogens is 1. The average Bonchev–Trinajstić information content (AvgIpc) is 2.52. The lowest BCUT2D eigenvalue weighted by Gasteiger charge is -1.97. The van der Waals surface area contributed by atoms with Crippen LogP contribution in [0.1, 0.15) is 10.5 Å². The van der Waals surface area contributed by atoms with E-state index < -0.39 is 0 Å². The summed E-state index contributed by atoms with van der Waals surface area (Å²) in [5.74, 6) is -0.373. The molecule has 0 amide bonds. The molecule has 0 saturated carbocycles. The minimum atomic E-state index is -0.373. The zero-order chi connectivity index (χ0) is 8.10. The van der Waals surface area contributed by atoms with E-state index in [0.29, 0.717) is 17.6 Å². The van der Waals surface area contributed by atoms with Gasteiger partial charge in [0.2, 0.25) is 0 Å². The van der Waals surface area contributed by atoms with Crippen LogP contribution in [-0.2, 0) is 4.74 Å². The van der Waals surface area contributed by atoms with Crippen molar-refractivity contribution in [1.29, 1.82) is 0 Å². The Labute approximate surface area is 72.1 Å². The molecule has 0 aliphatic heterocycles. The molecule has 60 valence electrons. The Bertz CT molecular complexity index is 222. The van der Waals surface area contributed by atoms with Crippen molar-refractivity contribution >= 4 is 21.9 Å². The van der Waals surface area contributed by atoms with Gasteiger partial charge in [-0.25, -0.2) is 9.78 Å². The smallest absolute Gasteiger partial charge is 0.356 e. The number of carbonyl (C=O) groups is 1. The fraction of sp³-hybridized carbons (Fsp3) is 0.333. The van der Waals surface area contributed by atoms with Gasteiger partial charge in [0.1, 0.15) is 12.3 Å². The molecular weight excluding hydrogens is 212 g/mol. The van der Waals surface area contributed by atoms with Crippen molar-refractivity contribution in [2.24, 2.45) is 0 Å². The first-order chi connectivity index (χ1) is 5.34. The maximum atomic E-state index is 11.0. The normalized spacial score (nSPS) is 9.55. The van der Waals surface area contributed by atoms with Crippen molar-refractivity contribution < 1.29 is 9.53 Å². The van der Waals surface area contributed by atoms with Crippen LogP contribution in [0.15, 0.2) is 12.5 Å². The van der Waals surface area contributed by atoms with Crippen LogP contribution in [0.4, 0.5) is 0 Å². The number of aromatic amines is 1. The summed E-state index contributed by atoms with van der Waals surface area (Å²) >= 11 is 3.14. The molecule has 5 heteroatoms. The minimum absolute atomic E-state index is 0.373. The molecule has 0 aliphatic carbocycles. The van der Waals surface area contributed by atoms with Crippen LogP contribution in [0.25, 0.3) is 0 Å². The van der Waals surface area contributed by atoms with E-state index in [1.807, 2.05) is 0 Å². The van der Waals surface area contributed by atoms with E-state index in [1.54, 1.807) is 0 Å². The number of imidazole rings is 1. The van der Waals surface area contributed by atoms with Crippen LogP contribution in [-0.4, -0.2) is 27.9 Å². The molecule has 0 atom stereocenters. The van der Waals surface area contributed by atoms with E-state index in [9.17, 15) is 4.79 Å². The van der Waals surface area contributed by atoms with Crippen LogP contribution in [0, 0.1) is 0 Å². The monoisotopic (exact) mass is 218 g/mol. The number of halogens is 1. The Balaban J connectivity index is 2.43. The minimum Gasteiger partial charge on any atom is -0.460 e. The van der Waals surface area contributed by atoms with Crippen LogP contribution < -0.4 is 0 Å². The quantitative estimate of drug-likeness (QED) is 0.608. The molecular formula is C6H7BrN2O2. The van der Waals surface area contributed by atoms with E-state index in [2.05, 4.69) is 25.9 Å². The topological polar surface area (TPSA) is 55.0 Å². The van der Waals surface area contributed by atoms with Gasteiger partial charge in [0.15, 0.2) is 0 Å². The molecule has 1 aromatic rings. The van der Waals surface area contributed by atoms with E-state index in [1.165, 1.54) is 12.5 Å². The first-order valence-electron chi connectivity index (χ1n) is 3.06. The Hall–Kier alpha value is -0.840. The van der Waals surface area contributed by atoms with Gasteiger partial charge in [0.25, 0.3) is 0 Å². The Kier molecular flexibility index (Phi) is 3.10. The fourth-order valence-electron chi connectivity index (χ4n) is 0.577. The van der Waals surface area contributed by atoms with E-state index >= 15 is 0 Å². The summed E-state index contributed by atoms with van der Waals surface area (Å²) in [6.45, 7) is 0.373. The number of nitrogens with zero attached hydrogens (tertiary/aromatic N) is 1. The number of hydrogen-bond donors (Lipinski definition) is 1. The second-order valence-electron chi connectivity index (χ2n) is 1.79. The molecule has 0 aromatic carbocycles. The predicted molar refractivity (Wildman–Crippen MR) is 42.7 cm³/mol. The molecule has 0 spiro atoms. The number of alkyl halides is 1. The van der Waals surface area contributed by atoms with Gasteiger partial charge < -0.3 is 9.72 Å². The molecule has 1 heterocycles. The van der Waals surface area contributed by atoms with Gasteiger partial charge in [0, 0.05) is 5.33 Å². The number of rotatable bonds is 3. The summed E-state index contributed by atoms with van der Waals surface area (Å²) in [4.78, 5) is 17.3. The van der Waals surface area contributed by atoms with Gasteiger partial charge in [-0.2, -0.15) is 0 Å². The molecule has 1 rings (SSSR count). The third-order valence-electron chi connectivity index (χ3n) is 1.03. The van der Waals surface area contributed by atoms with Crippen LogP contribution >= 0.6 is 15.9 Å². The zero-order valence-corrected chi connectivity index (χ0v) is 7.30. The van der Waals surface area contributed by atoms with Crippen molar-refractivity contribution in [2.45, 2.75) is 0 Å².